The third kappa shape index (κ3) is 4.52. The standard InChI is InChI=1S/C20H22N2O3S/c1-2-3-10-25-18-9-8-14-6-4-5-7-16(14)17(18)12-21-20-22-15(13-26-20)11-19(23)24/h4-9,13H,2-3,10-12H2,1H3,(H,21,22)(H,23,24)/p-1. The van der Waals surface area contributed by atoms with Gasteiger partial charge in [0.1, 0.15) is 5.75 Å². The van der Waals surface area contributed by atoms with Crippen molar-refractivity contribution in [3.05, 3.63) is 53.0 Å². The van der Waals surface area contributed by atoms with Gasteiger partial charge in [0.15, 0.2) is 5.13 Å². The first kappa shape index (κ1) is 18.2. The molecule has 6 heteroatoms. The lowest BCUT2D eigenvalue weighted by molar-refractivity contribution is -0.304. The topological polar surface area (TPSA) is 74.3 Å². The van der Waals surface area contributed by atoms with Crippen LogP contribution in [0, 0.1) is 0 Å². The quantitative estimate of drug-likeness (QED) is 0.585. The highest BCUT2D eigenvalue weighted by atomic mass is 32.1. The van der Waals surface area contributed by atoms with Crippen molar-refractivity contribution < 1.29 is 14.6 Å². The molecule has 5 nitrogen and oxygen atoms in total. The number of unbranched alkanes of at least 4 members (excludes halogenated alkanes) is 1. The number of nitrogens with one attached hydrogen (secondary N) is 1. The summed E-state index contributed by atoms with van der Waals surface area (Å²) in [4.78, 5) is 15.0. The molecule has 0 amide bonds. The molecule has 0 atom stereocenters. The molecule has 0 aliphatic rings. The van der Waals surface area contributed by atoms with Crippen LogP contribution in [-0.2, 0) is 17.8 Å². The maximum absolute atomic E-state index is 10.7. The molecule has 0 radical (unpaired) electrons. The predicted octanol–water partition coefficient (Wildman–Crippen LogP) is 3.38. The minimum Gasteiger partial charge on any atom is -0.550 e. The number of aliphatic carboxylic acids is 1. The van der Waals surface area contributed by atoms with Crippen LogP contribution in [0.5, 0.6) is 5.75 Å². The Kier molecular flexibility index (Phi) is 6.07. The van der Waals surface area contributed by atoms with Crippen LogP contribution in [0.1, 0.15) is 31.0 Å². The van der Waals surface area contributed by atoms with Crippen molar-refractivity contribution in [3.63, 3.8) is 0 Å². The summed E-state index contributed by atoms with van der Waals surface area (Å²) in [7, 11) is 0. The van der Waals surface area contributed by atoms with Crippen molar-refractivity contribution in [3.8, 4) is 5.75 Å². The molecule has 3 aromatic rings. The average molecular weight is 369 g/mol. The summed E-state index contributed by atoms with van der Waals surface area (Å²) < 4.78 is 5.99. The zero-order valence-electron chi connectivity index (χ0n) is 14.7. The van der Waals surface area contributed by atoms with E-state index in [0.29, 0.717) is 24.0 Å². The van der Waals surface area contributed by atoms with Crippen LogP contribution in [0.3, 0.4) is 0 Å². The highest BCUT2D eigenvalue weighted by Crippen LogP contribution is 2.29. The molecular weight excluding hydrogens is 348 g/mol. The van der Waals surface area contributed by atoms with Gasteiger partial charge in [0.2, 0.25) is 0 Å². The summed E-state index contributed by atoms with van der Waals surface area (Å²) in [6, 6.07) is 12.3. The third-order valence-corrected chi connectivity index (χ3v) is 4.90. The highest BCUT2D eigenvalue weighted by Gasteiger charge is 2.10. The van der Waals surface area contributed by atoms with Crippen molar-refractivity contribution in [2.75, 3.05) is 11.9 Å². The monoisotopic (exact) mass is 369 g/mol. The Balaban J connectivity index is 1.81. The van der Waals surface area contributed by atoms with Gasteiger partial charge < -0.3 is 20.0 Å². The van der Waals surface area contributed by atoms with Gasteiger partial charge in [-0.1, -0.05) is 43.7 Å². The lowest BCUT2D eigenvalue weighted by Crippen LogP contribution is -2.24. The minimum atomic E-state index is -1.12. The fourth-order valence-electron chi connectivity index (χ4n) is 2.74. The predicted molar refractivity (Wildman–Crippen MR) is 103 cm³/mol. The summed E-state index contributed by atoms with van der Waals surface area (Å²) in [5.41, 5.74) is 1.59. The number of carboxylic acid groups (broad SMARTS) is 1. The Morgan fingerprint density at radius 3 is 2.92 bits per heavy atom. The Labute approximate surface area is 156 Å². The van der Waals surface area contributed by atoms with E-state index < -0.39 is 5.97 Å². The lowest BCUT2D eigenvalue weighted by Gasteiger charge is -2.14. The molecule has 26 heavy (non-hydrogen) atoms. The van der Waals surface area contributed by atoms with Crippen LogP contribution < -0.4 is 15.2 Å². The van der Waals surface area contributed by atoms with E-state index in [4.69, 9.17) is 4.74 Å². The lowest BCUT2D eigenvalue weighted by atomic mass is 10.0. The summed E-state index contributed by atoms with van der Waals surface area (Å²) in [5, 5.41) is 18.7. The summed E-state index contributed by atoms with van der Waals surface area (Å²) >= 11 is 1.39. The molecule has 2 aromatic carbocycles. The van der Waals surface area contributed by atoms with E-state index in [2.05, 4.69) is 35.4 Å². The molecule has 0 aliphatic carbocycles. The number of thiazole rings is 1. The van der Waals surface area contributed by atoms with Gasteiger partial charge in [-0.15, -0.1) is 11.3 Å². The highest BCUT2D eigenvalue weighted by molar-refractivity contribution is 7.13. The number of carbonyl (C=O) groups excluding carboxylic acids is 1. The molecule has 0 bridgehead atoms. The molecular formula is C20H21N2O3S-. The third-order valence-electron chi connectivity index (χ3n) is 4.05. The van der Waals surface area contributed by atoms with E-state index in [-0.39, 0.29) is 6.42 Å². The number of hydrogen-bond donors (Lipinski definition) is 1. The second-order valence-electron chi connectivity index (χ2n) is 6.01. The van der Waals surface area contributed by atoms with Crippen LogP contribution in [0.4, 0.5) is 5.13 Å². The fourth-order valence-corrected chi connectivity index (χ4v) is 3.45. The maximum Gasteiger partial charge on any atom is 0.183 e. The number of anilines is 1. The molecule has 1 aromatic heterocycles. The number of rotatable bonds is 9. The van der Waals surface area contributed by atoms with Gasteiger partial charge in [0, 0.05) is 29.9 Å². The van der Waals surface area contributed by atoms with E-state index in [1.165, 1.54) is 11.3 Å². The van der Waals surface area contributed by atoms with Gasteiger partial charge in [-0.25, -0.2) is 4.98 Å². The van der Waals surface area contributed by atoms with Crippen molar-refractivity contribution in [1.82, 2.24) is 4.98 Å². The number of ether oxygens (including phenoxy) is 1. The zero-order valence-corrected chi connectivity index (χ0v) is 15.5. The number of aromatic nitrogens is 1. The normalized spacial score (nSPS) is 10.8. The first-order valence-corrected chi connectivity index (χ1v) is 9.57. The first-order chi connectivity index (χ1) is 12.7. The Morgan fingerprint density at radius 1 is 1.27 bits per heavy atom. The van der Waals surface area contributed by atoms with Gasteiger partial charge in [-0.3, -0.25) is 0 Å². The van der Waals surface area contributed by atoms with E-state index in [9.17, 15) is 9.90 Å². The molecule has 1 N–H and O–H groups in total. The summed E-state index contributed by atoms with van der Waals surface area (Å²) in [5.74, 6) is -0.251. The number of carboxylic acids is 1. The average Bonchev–Trinajstić information content (AvgIpc) is 3.07. The van der Waals surface area contributed by atoms with Gasteiger partial charge in [-0.05, 0) is 23.3 Å². The van der Waals surface area contributed by atoms with Gasteiger partial charge in [-0.2, -0.15) is 0 Å². The Morgan fingerprint density at radius 2 is 2.12 bits per heavy atom. The molecule has 0 saturated carbocycles. The fraction of sp³-hybridized carbons (Fsp3) is 0.300. The van der Waals surface area contributed by atoms with Crippen LogP contribution >= 0.6 is 11.3 Å². The van der Waals surface area contributed by atoms with E-state index >= 15 is 0 Å². The number of benzene rings is 2. The number of fused-ring (bicyclic) bond motifs is 1. The Bertz CT molecular complexity index is 892. The van der Waals surface area contributed by atoms with Crippen molar-refractivity contribution in [2.45, 2.75) is 32.7 Å². The number of nitrogens with zero attached hydrogens (tertiary/aromatic N) is 1. The molecule has 0 unspecified atom stereocenters. The SMILES string of the molecule is CCCCOc1ccc2ccccc2c1CNc1nc(CC(=O)[O-])cs1. The van der Waals surface area contributed by atoms with Gasteiger partial charge >= 0.3 is 0 Å². The van der Waals surface area contributed by atoms with E-state index in [1.54, 1.807) is 5.38 Å². The Hall–Kier alpha value is -2.60. The van der Waals surface area contributed by atoms with Crippen LogP contribution in [0.25, 0.3) is 10.8 Å². The van der Waals surface area contributed by atoms with Crippen molar-refractivity contribution >= 4 is 33.2 Å². The number of hydrogen-bond acceptors (Lipinski definition) is 6. The second kappa shape index (κ2) is 8.67. The zero-order chi connectivity index (χ0) is 18.4. The van der Waals surface area contributed by atoms with E-state index in [1.807, 2.05) is 18.2 Å². The van der Waals surface area contributed by atoms with Crippen molar-refractivity contribution in [1.29, 1.82) is 0 Å². The van der Waals surface area contributed by atoms with E-state index in [0.717, 1.165) is 34.9 Å². The minimum absolute atomic E-state index is 0.169. The van der Waals surface area contributed by atoms with Crippen LogP contribution in [-0.4, -0.2) is 17.6 Å². The second-order valence-corrected chi connectivity index (χ2v) is 6.87. The smallest absolute Gasteiger partial charge is 0.183 e. The maximum atomic E-state index is 10.7. The van der Waals surface area contributed by atoms with Crippen LogP contribution in [0.15, 0.2) is 41.8 Å². The molecule has 0 fully saturated rings. The molecule has 1 heterocycles. The van der Waals surface area contributed by atoms with Gasteiger partial charge in [0.25, 0.3) is 0 Å². The number of carbonyl (C=O) groups is 1. The van der Waals surface area contributed by atoms with Crippen LogP contribution in [0.2, 0.25) is 0 Å². The molecule has 0 saturated heterocycles. The van der Waals surface area contributed by atoms with Gasteiger partial charge in [0.05, 0.1) is 12.3 Å². The molecule has 0 spiro atoms. The largest absolute Gasteiger partial charge is 0.550 e. The molecule has 3 rings (SSSR count). The molecule has 0 aliphatic heterocycles. The first-order valence-electron chi connectivity index (χ1n) is 8.69. The summed E-state index contributed by atoms with van der Waals surface area (Å²) in [6.45, 7) is 3.38. The molecule has 136 valence electrons. The van der Waals surface area contributed by atoms with Crippen molar-refractivity contribution in [2.24, 2.45) is 0 Å². The summed E-state index contributed by atoms with van der Waals surface area (Å²) in [6.07, 6.45) is 1.93.